The Morgan fingerprint density at radius 2 is 1.95 bits per heavy atom. The molecule has 2 unspecified atom stereocenters. The molecule has 1 spiro atoms. The maximum absolute atomic E-state index is 13.6. The van der Waals surface area contributed by atoms with Crippen molar-refractivity contribution >= 4 is 23.2 Å². The van der Waals surface area contributed by atoms with Gasteiger partial charge in [-0.2, -0.15) is 0 Å². The number of carbonyl (C=O) groups excluding carboxylic acids is 2. The van der Waals surface area contributed by atoms with Crippen molar-refractivity contribution in [2.75, 3.05) is 20.8 Å². The molecule has 10 nitrogen and oxygen atoms in total. The second kappa shape index (κ2) is 9.44. The fraction of sp³-hybridized carbons (Fsp3) is 0.308. The van der Waals surface area contributed by atoms with E-state index in [0.29, 0.717) is 36.5 Å². The summed E-state index contributed by atoms with van der Waals surface area (Å²) >= 11 is 6.42. The van der Waals surface area contributed by atoms with Gasteiger partial charge in [0.25, 0.3) is 5.89 Å². The SMILES string of the molecule is COc1cc(OC)c2c(c1Cl)OC1(C(=O)C=C(NCCc3nnc(-c4ccccc4O)o3)CC1C)C2=O. The summed E-state index contributed by atoms with van der Waals surface area (Å²) < 4.78 is 22.3. The highest BCUT2D eigenvalue weighted by Crippen LogP contribution is 2.52. The number of rotatable bonds is 7. The lowest BCUT2D eigenvalue weighted by molar-refractivity contribution is -0.129. The molecule has 0 saturated heterocycles. The Balaban J connectivity index is 1.30. The van der Waals surface area contributed by atoms with Crippen molar-refractivity contribution in [2.45, 2.75) is 25.4 Å². The van der Waals surface area contributed by atoms with Crippen molar-refractivity contribution in [3.8, 4) is 34.5 Å². The third-order valence-electron chi connectivity index (χ3n) is 6.60. The van der Waals surface area contributed by atoms with Crippen molar-refractivity contribution < 1.29 is 33.3 Å². The highest BCUT2D eigenvalue weighted by molar-refractivity contribution is 6.36. The summed E-state index contributed by atoms with van der Waals surface area (Å²) in [5.41, 5.74) is -0.484. The number of phenolic OH excluding ortho intramolecular Hbond substituents is 1. The molecule has 37 heavy (non-hydrogen) atoms. The fourth-order valence-electron chi connectivity index (χ4n) is 4.70. The van der Waals surface area contributed by atoms with Crippen LogP contribution in [0.25, 0.3) is 11.5 Å². The van der Waals surface area contributed by atoms with Gasteiger partial charge < -0.3 is 29.1 Å². The lowest BCUT2D eigenvalue weighted by Gasteiger charge is -2.35. The maximum Gasteiger partial charge on any atom is 0.251 e. The number of methoxy groups -OCH3 is 2. The first-order valence-electron chi connectivity index (χ1n) is 11.6. The summed E-state index contributed by atoms with van der Waals surface area (Å²) in [5.74, 6) is -0.216. The molecule has 2 atom stereocenters. The molecule has 0 saturated carbocycles. The molecular weight excluding hydrogens is 502 g/mol. The van der Waals surface area contributed by atoms with Crippen LogP contribution in [0.5, 0.6) is 23.0 Å². The predicted molar refractivity (Wildman–Crippen MR) is 132 cm³/mol. The first-order chi connectivity index (χ1) is 17.8. The zero-order valence-corrected chi connectivity index (χ0v) is 21.1. The molecule has 1 aliphatic heterocycles. The number of carbonyl (C=O) groups is 2. The molecule has 11 heteroatoms. The topological polar surface area (TPSA) is 133 Å². The third kappa shape index (κ3) is 3.97. The molecule has 0 amide bonds. The first kappa shape index (κ1) is 24.6. The van der Waals surface area contributed by atoms with Gasteiger partial charge in [0.05, 0.1) is 19.8 Å². The van der Waals surface area contributed by atoms with Crippen molar-refractivity contribution in [3.63, 3.8) is 0 Å². The second-order valence-electron chi connectivity index (χ2n) is 8.80. The highest BCUT2D eigenvalue weighted by Gasteiger charge is 2.60. The van der Waals surface area contributed by atoms with Crippen LogP contribution < -0.4 is 19.5 Å². The number of phenols is 1. The number of allylic oxidation sites excluding steroid dienone is 1. The van der Waals surface area contributed by atoms with E-state index in [0.717, 1.165) is 0 Å². The first-order valence-corrected chi connectivity index (χ1v) is 12.0. The molecule has 2 aromatic carbocycles. The molecule has 5 rings (SSSR count). The monoisotopic (exact) mass is 525 g/mol. The zero-order chi connectivity index (χ0) is 26.3. The lowest BCUT2D eigenvalue weighted by atomic mass is 9.74. The Morgan fingerprint density at radius 3 is 2.65 bits per heavy atom. The Morgan fingerprint density at radius 1 is 1.19 bits per heavy atom. The minimum absolute atomic E-state index is 0.0489. The number of nitrogens with zero attached hydrogens (tertiary/aromatic N) is 2. The number of hydrogen-bond acceptors (Lipinski definition) is 10. The van der Waals surface area contributed by atoms with E-state index < -0.39 is 23.1 Å². The van der Waals surface area contributed by atoms with E-state index in [2.05, 4.69) is 15.5 Å². The molecule has 192 valence electrons. The minimum atomic E-state index is -1.73. The number of nitrogens with one attached hydrogen (secondary N) is 1. The number of ether oxygens (including phenoxy) is 3. The standard InChI is InChI=1S/C26H24ClN3O7/c1-13-10-14(28-9-8-20-29-30-25(36-20)15-6-4-5-7-16(15)31)11-19(32)26(13)24(33)21-17(34-2)12-18(35-3)22(27)23(21)37-26/h4-7,11-13,28,31H,8-10H2,1-3H3. The summed E-state index contributed by atoms with van der Waals surface area (Å²) in [6, 6.07) is 8.20. The average Bonchev–Trinajstić information content (AvgIpc) is 3.47. The average molecular weight is 526 g/mol. The van der Waals surface area contributed by atoms with E-state index in [1.54, 1.807) is 31.2 Å². The largest absolute Gasteiger partial charge is 0.507 e. The molecule has 2 aliphatic rings. The van der Waals surface area contributed by atoms with Crippen LogP contribution in [0.4, 0.5) is 0 Å². The van der Waals surface area contributed by atoms with Crippen molar-refractivity contribution in [1.82, 2.24) is 15.5 Å². The molecule has 0 bridgehead atoms. The second-order valence-corrected chi connectivity index (χ2v) is 9.18. The number of Topliss-reactive ketones (excluding diaryl/α,β-unsaturated/α-hetero) is 1. The normalized spacial score (nSPS) is 20.4. The number of halogens is 1. The number of aromatic nitrogens is 2. The van der Waals surface area contributed by atoms with E-state index in [1.807, 2.05) is 0 Å². The van der Waals surface area contributed by atoms with Crippen LogP contribution in [0.3, 0.4) is 0 Å². The number of para-hydroxylation sites is 1. The van der Waals surface area contributed by atoms with Crippen molar-refractivity contribution in [2.24, 2.45) is 5.92 Å². The van der Waals surface area contributed by atoms with Gasteiger partial charge in [-0.1, -0.05) is 30.7 Å². The quantitative estimate of drug-likeness (QED) is 0.439. The van der Waals surface area contributed by atoms with Gasteiger partial charge in [-0.05, 0) is 18.6 Å². The predicted octanol–water partition coefficient (Wildman–Crippen LogP) is 3.75. The van der Waals surface area contributed by atoms with Crippen LogP contribution in [0.15, 0.2) is 46.5 Å². The van der Waals surface area contributed by atoms with Gasteiger partial charge in [0, 0.05) is 36.7 Å². The number of ketones is 2. The van der Waals surface area contributed by atoms with Crippen LogP contribution in [0.1, 0.15) is 29.6 Å². The van der Waals surface area contributed by atoms with E-state index >= 15 is 0 Å². The third-order valence-corrected chi connectivity index (χ3v) is 6.96. The van der Waals surface area contributed by atoms with Crippen LogP contribution in [-0.2, 0) is 11.2 Å². The fourth-order valence-corrected chi connectivity index (χ4v) is 4.96. The number of benzene rings is 2. The summed E-state index contributed by atoms with van der Waals surface area (Å²) in [7, 11) is 2.86. The molecular formula is C26H24ClN3O7. The molecule has 3 aromatic rings. The Labute approximate surface area is 217 Å². The zero-order valence-electron chi connectivity index (χ0n) is 20.3. The van der Waals surface area contributed by atoms with Gasteiger partial charge in [0.15, 0.2) is 5.75 Å². The minimum Gasteiger partial charge on any atom is -0.507 e. The van der Waals surface area contributed by atoms with E-state index in [-0.39, 0.29) is 39.5 Å². The van der Waals surface area contributed by atoms with E-state index in [4.69, 9.17) is 30.2 Å². The smallest absolute Gasteiger partial charge is 0.251 e. The summed E-state index contributed by atoms with van der Waals surface area (Å²) in [5, 5.41) is 21.3. The van der Waals surface area contributed by atoms with Crippen LogP contribution >= 0.6 is 11.6 Å². The Bertz CT molecular complexity index is 1430. The molecule has 2 heterocycles. The van der Waals surface area contributed by atoms with Gasteiger partial charge in [-0.15, -0.1) is 10.2 Å². The maximum atomic E-state index is 13.6. The van der Waals surface area contributed by atoms with Crippen LogP contribution in [0.2, 0.25) is 5.02 Å². The van der Waals surface area contributed by atoms with Gasteiger partial charge in [-0.3, -0.25) is 9.59 Å². The summed E-state index contributed by atoms with van der Waals surface area (Å²) in [4.78, 5) is 26.9. The summed E-state index contributed by atoms with van der Waals surface area (Å²) in [6.07, 6.45) is 2.16. The van der Waals surface area contributed by atoms with Crippen LogP contribution in [0, 0.1) is 5.92 Å². The van der Waals surface area contributed by atoms with E-state index in [9.17, 15) is 14.7 Å². The molecule has 2 N–H and O–H groups in total. The van der Waals surface area contributed by atoms with Gasteiger partial charge in [-0.25, -0.2) is 0 Å². The summed E-state index contributed by atoms with van der Waals surface area (Å²) in [6.45, 7) is 2.19. The molecule has 0 fully saturated rings. The van der Waals surface area contributed by atoms with Crippen molar-refractivity contribution in [1.29, 1.82) is 0 Å². The Kier molecular flexibility index (Phi) is 6.28. The van der Waals surface area contributed by atoms with Gasteiger partial charge >= 0.3 is 0 Å². The Hall–Kier alpha value is -4.05. The molecule has 1 aromatic heterocycles. The molecule has 0 radical (unpaired) electrons. The number of hydrogen-bond donors (Lipinski definition) is 2. The van der Waals surface area contributed by atoms with Crippen molar-refractivity contribution in [3.05, 3.63) is 58.6 Å². The number of fused-ring (bicyclic) bond motifs is 1. The molecule has 1 aliphatic carbocycles. The lowest BCUT2D eigenvalue weighted by Crippen LogP contribution is -2.55. The van der Waals surface area contributed by atoms with E-state index in [1.165, 1.54) is 26.4 Å². The van der Waals surface area contributed by atoms with Gasteiger partial charge in [0.1, 0.15) is 27.8 Å². The van der Waals surface area contributed by atoms with Crippen LogP contribution in [-0.4, -0.2) is 53.2 Å². The number of aromatic hydroxyl groups is 1. The van der Waals surface area contributed by atoms with Gasteiger partial charge in [0.2, 0.25) is 23.1 Å². The highest BCUT2D eigenvalue weighted by atomic mass is 35.5.